The zero-order chi connectivity index (χ0) is 18.0. The van der Waals surface area contributed by atoms with Crippen molar-refractivity contribution in [1.82, 2.24) is 15.3 Å². The summed E-state index contributed by atoms with van der Waals surface area (Å²) in [6, 6.07) is 3.50. The van der Waals surface area contributed by atoms with Crippen LogP contribution < -0.4 is 5.48 Å². The van der Waals surface area contributed by atoms with Crippen molar-refractivity contribution in [3.05, 3.63) is 34.6 Å². The van der Waals surface area contributed by atoms with Crippen molar-refractivity contribution >= 4 is 5.91 Å². The predicted octanol–water partition coefficient (Wildman–Crippen LogP) is 2.42. The zero-order valence-corrected chi connectivity index (χ0v) is 15.1. The second-order valence-electron chi connectivity index (χ2n) is 7.61. The SMILES string of the molecule is CN(C)CCCC1CC[C@H]1N1CCc2cc(C(=O)NO)cc(F)c2C1. The molecule has 0 aromatic heterocycles. The van der Waals surface area contributed by atoms with Crippen LogP contribution in [0.15, 0.2) is 12.1 Å². The normalized spacial score (nSPS) is 23.2. The maximum absolute atomic E-state index is 14.5. The van der Waals surface area contributed by atoms with Gasteiger partial charge >= 0.3 is 0 Å². The Morgan fingerprint density at radius 1 is 1.40 bits per heavy atom. The molecule has 1 heterocycles. The Labute approximate surface area is 148 Å². The molecule has 3 rings (SSSR count). The largest absolute Gasteiger partial charge is 0.309 e. The van der Waals surface area contributed by atoms with E-state index in [-0.39, 0.29) is 11.4 Å². The average molecular weight is 349 g/mol. The van der Waals surface area contributed by atoms with Crippen molar-refractivity contribution in [3.8, 4) is 0 Å². The highest BCUT2D eigenvalue weighted by Crippen LogP contribution is 2.38. The Kier molecular flexibility index (Phi) is 5.71. The summed E-state index contributed by atoms with van der Waals surface area (Å²) in [5.74, 6) is -0.280. The molecule has 0 saturated heterocycles. The minimum atomic E-state index is -0.663. The van der Waals surface area contributed by atoms with Crippen LogP contribution in [0, 0.1) is 11.7 Å². The lowest BCUT2D eigenvalue weighted by Gasteiger charge is -2.46. The number of hydroxylamine groups is 1. The van der Waals surface area contributed by atoms with E-state index in [1.807, 2.05) is 0 Å². The van der Waals surface area contributed by atoms with E-state index in [0.29, 0.717) is 18.2 Å². The van der Waals surface area contributed by atoms with Gasteiger partial charge < -0.3 is 4.90 Å². The van der Waals surface area contributed by atoms with Crippen LogP contribution in [0.2, 0.25) is 0 Å². The first-order valence-corrected chi connectivity index (χ1v) is 9.14. The molecule has 1 aliphatic carbocycles. The number of halogens is 1. The summed E-state index contributed by atoms with van der Waals surface area (Å²) in [4.78, 5) is 16.2. The fourth-order valence-corrected chi connectivity index (χ4v) is 4.16. The number of hydrogen-bond acceptors (Lipinski definition) is 4. The monoisotopic (exact) mass is 349 g/mol. The Balaban J connectivity index is 1.64. The van der Waals surface area contributed by atoms with Crippen molar-refractivity contribution in [3.63, 3.8) is 0 Å². The number of nitrogens with zero attached hydrogens (tertiary/aromatic N) is 2. The molecular weight excluding hydrogens is 321 g/mol. The molecule has 2 atom stereocenters. The maximum atomic E-state index is 14.5. The van der Waals surface area contributed by atoms with Gasteiger partial charge in [0.2, 0.25) is 0 Å². The quantitative estimate of drug-likeness (QED) is 0.612. The second kappa shape index (κ2) is 7.81. The Morgan fingerprint density at radius 2 is 2.20 bits per heavy atom. The molecule has 0 spiro atoms. The standard InChI is InChI=1S/C19H28FN3O2/c1-22(2)8-3-4-13-5-6-18(13)23-9-7-14-10-15(19(24)21-25)11-17(20)16(14)12-23/h10-11,13,18,25H,3-9,12H2,1-2H3,(H,21,24)/t13?,18-/m1/s1. The molecule has 0 bridgehead atoms. The lowest BCUT2D eigenvalue weighted by Crippen LogP contribution is -2.49. The summed E-state index contributed by atoms with van der Waals surface area (Å²) >= 11 is 0. The van der Waals surface area contributed by atoms with Crippen LogP contribution in [0.25, 0.3) is 0 Å². The lowest BCUT2D eigenvalue weighted by atomic mass is 9.75. The summed E-state index contributed by atoms with van der Waals surface area (Å²) in [7, 11) is 4.21. The number of hydrogen-bond donors (Lipinski definition) is 2. The zero-order valence-electron chi connectivity index (χ0n) is 15.1. The summed E-state index contributed by atoms with van der Waals surface area (Å²) < 4.78 is 14.5. The van der Waals surface area contributed by atoms with Crippen molar-refractivity contribution in [2.75, 3.05) is 27.2 Å². The van der Waals surface area contributed by atoms with Gasteiger partial charge in [-0.25, -0.2) is 9.87 Å². The van der Waals surface area contributed by atoms with Gasteiger partial charge in [-0.15, -0.1) is 0 Å². The highest BCUT2D eigenvalue weighted by Gasteiger charge is 2.36. The van der Waals surface area contributed by atoms with Crippen molar-refractivity contribution in [1.29, 1.82) is 0 Å². The minimum Gasteiger partial charge on any atom is -0.309 e. The van der Waals surface area contributed by atoms with Gasteiger partial charge in [0, 0.05) is 30.3 Å². The number of amides is 1. The predicted molar refractivity (Wildman–Crippen MR) is 94.1 cm³/mol. The molecule has 2 aliphatic rings. The summed E-state index contributed by atoms with van der Waals surface area (Å²) in [5, 5.41) is 8.74. The topological polar surface area (TPSA) is 55.8 Å². The number of carbonyl (C=O) groups is 1. The van der Waals surface area contributed by atoms with Crippen LogP contribution in [-0.2, 0) is 13.0 Å². The van der Waals surface area contributed by atoms with Crippen LogP contribution >= 0.6 is 0 Å². The van der Waals surface area contributed by atoms with Crippen LogP contribution in [0.3, 0.4) is 0 Å². The van der Waals surface area contributed by atoms with Gasteiger partial charge in [-0.2, -0.15) is 0 Å². The minimum absolute atomic E-state index is 0.178. The van der Waals surface area contributed by atoms with Gasteiger partial charge in [-0.1, -0.05) is 0 Å². The molecule has 0 radical (unpaired) electrons. The Bertz CT molecular complexity index is 635. The number of carbonyl (C=O) groups excluding carboxylic acids is 1. The van der Waals surface area contributed by atoms with E-state index in [4.69, 9.17) is 5.21 Å². The molecule has 1 aromatic carbocycles. The van der Waals surface area contributed by atoms with Crippen LogP contribution in [0.4, 0.5) is 4.39 Å². The lowest BCUT2D eigenvalue weighted by molar-refractivity contribution is 0.0435. The van der Waals surface area contributed by atoms with Crippen molar-refractivity contribution < 1.29 is 14.4 Å². The fourth-order valence-electron chi connectivity index (χ4n) is 4.16. The van der Waals surface area contributed by atoms with Crippen molar-refractivity contribution in [2.45, 2.75) is 44.7 Å². The van der Waals surface area contributed by atoms with E-state index in [9.17, 15) is 9.18 Å². The average Bonchev–Trinajstić information content (AvgIpc) is 2.57. The molecular formula is C19H28FN3O2. The van der Waals surface area contributed by atoms with E-state index >= 15 is 0 Å². The van der Waals surface area contributed by atoms with E-state index in [1.165, 1.54) is 31.7 Å². The first kappa shape index (κ1) is 18.3. The maximum Gasteiger partial charge on any atom is 0.274 e. The van der Waals surface area contributed by atoms with Crippen LogP contribution in [0.5, 0.6) is 0 Å². The number of rotatable bonds is 6. The first-order valence-electron chi connectivity index (χ1n) is 9.14. The fraction of sp³-hybridized carbons (Fsp3) is 0.632. The van der Waals surface area contributed by atoms with Crippen molar-refractivity contribution in [2.24, 2.45) is 5.92 Å². The molecule has 1 aromatic rings. The molecule has 2 N–H and O–H groups in total. The van der Waals surface area contributed by atoms with Gasteiger partial charge in [-0.3, -0.25) is 14.9 Å². The molecule has 1 amide bonds. The van der Waals surface area contributed by atoms with E-state index in [2.05, 4.69) is 23.9 Å². The van der Waals surface area contributed by atoms with E-state index < -0.39 is 5.91 Å². The summed E-state index contributed by atoms with van der Waals surface area (Å²) in [5.41, 5.74) is 3.35. The van der Waals surface area contributed by atoms with Gasteiger partial charge in [-0.05, 0) is 76.4 Å². The van der Waals surface area contributed by atoms with Crippen LogP contribution in [-0.4, -0.2) is 54.1 Å². The third-order valence-corrected chi connectivity index (χ3v) is 5.71. The Hall–Kier alpha value is -1.50. The number of fused-ring (bicyclic) bond motifs is 1. The summed E-state index contributed by atoms with van der Waals surface area (Å²) in [6.07, 6.45) is 5.69. The van der Waals surface area contributed by atoms with Gasteiger partial charge in [0.25, 0.3) is 5.91 Å². The van der Waals surface area contributed by atoms with E-state index in [1.54, 1.807) is 11.5 Å². The first-order chi connectivity index (χ1) is 12.0. The smallest absolute Gasteiger partial charge is 0.274 e. The highest BCUT2D eigenvalue weighted by atomic mass is 19.1. The van der Waals surface area contributed by atoms with Gasteiger partial charge in [0.15, 0.2) is 0 Å². The van der Waals surface area contributed by atoms with Gasteiger partial charge in [0.1, 0.15) is 5.82 Å². The third-order valence-electron chi connectivity index (χ3n) is 5.71. The molecule has 1 fully saturated rings. The third kappa shape index (κ3) is 4.02. The summed E-state index contributed by atoms with van der Waals surface area (Å²) in [6.45, 7) is 2.65. The molecule has 1 aliphatic heterocycles. The molecule has 5 nitrogen and oxygen atoms in total. The molecule has 25 heavy (non-hydrogen) atoms. The second-order valence-corrected chi connectivity index (χ2v) is 7.61. The number of benzene rings is 1. The Morgan fingerprint density at radius 3 is 2.84 bits per heavy atom. The molecule has 6 heteroatoms. The van der Waals surface area contributed by atoms with Gasteiger partial charge in [0.05, 0.1) is 0 Å². The molecule has 1 saturated carbocycles. The highest BCUT2D eigenvalue weighted by molar-refractivity contribution is 5.93. The van der Waals surface area contributed by atoms with E-state index in [0.717, 1.165) is 31.0 Å². The molecule has 138 valence electrons. The number of nitrogens with one attached hydrogen (secondary N) is 1. The molecule has 1 unspecified atom stereocenters. The van der Waals surface area contributed by atoms with Crippen LogP contribution in [0.1, 0.15) is 47.2 Å².